The van der Waals surface area contributed by atoms with Gasteiger partial charge in [0.2, 0.25) is 5.91 Å². The van der Waals surface area contributed by atoms with E-state index in [2.05, 4.69) is 10.3 Å². The topological polar surface area (TPSA) is 60.5 Å². The van der Waals surface area contributed by atoms with Crippen molar-refractivity contribution in [3.8, 4) is 11.5 Å². The number of nitrogens with one attached hydrogen (secondary N) is 1. The minimum Gasteiger partial charge on any atom is -0.490 e. The van der Waals surface area contributed by atoms with Crippen LogP contribution in [0, 0.1) is 0 Å². The van der Waals surface area contributed by atoms with Crippen molar-refractivity contribution in [1.82, 2.24) is 4.98 Å². The van der Waals surface area contributed by atoms with Gasteiger partial charge in [-0.25, -0.2) is 4.98 Å². The molecule has 1 N–H and O–H groups in total. The molecule has 7 heteroatoms. The Labute approximate surface area is 159 Å². The van der Waals surface area contributed by atoms with E-state index in [9.17, 15) is 4.79 Å². The van der Waals surface area contributed by atoms with E-state index in [1.54, 1.807) is 18.2 Å². The number of anilines is 1. The van der Waals surface area contributed by atoms with Crippen LogP contribution >= 0.6 is 22.9 Å². The molecule has 0 bridgehead atoms. The lowest BCUT2D eigenvalue weighted by molar-refractivity contribution is -0.111. The highest BCUT2D eigenvalue weighted by Gasteiger charge is 2.15. The van der Waals surface area contributed by atoms with Gasteiger partial charge in [0, 0.05) is 24.6 Å². The zero-order valence-electron chi connectivity index (χ0n) is 13.7. The lowest BCUT2D eigenvalue weighted by Gasteiger charge is -2.11. The molecule has 0 unspecified atom stereocenters. The molecule has 1 aliphatic rings. The smallest absolute Gasteiger partial charge is 0.248 e. The second kappa shape index (κ2) is 7.35. The first-order valence-electron chi connectivity index (χ1n) is 8.13. The van der Waals surface area contributed by atoms with E-state index >= 15 is 0 Å². The molecule has 0 spiro atoms. The fourth-order valence-corrected chi connectivity index (χ4v) is 3.63. The Hall–Kier alpha value is -2.57. The number of thiazole rings is 1. The summed E-state index contributed by atoms with van der Waals surface area (Å²) in [5, 5.41) is 3.94. The summed E-state index contributed by atoms with van der Waals surface area (Å²) in [4.78, 5) is 16.7. The third-order valence-corrected chi connectivity index (χ3v) is 5.10. The number of halogens is 1. The third kappa shape index (κ3) is 3.66. The van der Waals surface area contributed by atoms with E-state index in [-0.39, 0.29) is 5.91 Å². The highest BCUT2D eigenvalue weighted by atomic mass is 35.5. The van der Waals surface area contributed by atoms with Crippen LogP contribution in [-0.4, -0.2) is 24.1 Å². The van der Waals surface area contributed by atoms with E-state index in [1.807, 2.05) is 24.3 Å². The summed E-state index contributed by atoms with van der Waals surface area (Å²) >= 11 is 7.77. The van der Waals surface area contributed by atoms with Crippen LogP contribution < -0.4 is 14.8 Å². The molecule has 132 valence electrons. The molecule has 1 aromatic heterocycles. The molecule has 3 aromatic rings. The van der Waals surface area contributed by atoms with Crippen LogP contribution in [-0.2, 0) is 4.79 Å². The maximum atomic E-state index is 12.2. The number of rotatable bonds is 3. The van der Waals surface area contributed by atoms with Crippen LogP contribution in [0.1, 0.15) is 11.4 Å². The van der Waals surface area contributed by atoms with Crippen molar-refractivity contribution in [1.29, 1.82) is 0 Å². The summed E-state index contributed by atoms with van der Waals surface area (Å²) in [6.07, 6.45) is 3.94. The van der Waals surface area contributed by atoms with Crippen molar-refractivity contribution in [3.63, 3.8) is 0 Å². The fraction of sp³-hybridized carbons (Fsp3) is 0.158. The van der Waals surface area contributed by atoms with Gasteiger partial charge in [0.1, 0.15) is 5.01 Å². The van der Waals surface area contributed by atoms with Gasteiger partial charge in [0.25, 0.3) is 0 Å². The summed E-state index contributed by atoms with van der Waals surface area (Å²) in [5.74, 6) is 0.883. The highest BCUT2D eigenvalue weighted by Crippen LogP contribution is 2.37. The van der Waals surface area contributed by atoms with Gasteiger partial charge in [0.15, 0.2) is 11.5 Å². The molecule has 0 fully saturated rings. The van der Waals surface area contributed by atoms with Gasteiger partial charge in [0.05, 0.1) is 34.1 Å². The monoisotopic (exact) mass is 386 g/mol. The standard InChI is InChI=1S/C19H15ClN2O3S/c20-12-10-15-16(25-9-3-8-24-15)11-14(12)21-18(23)6-7-19-22-13-4-1-2-5-17(13)26-19/h1-2,4-7,10-11H,3,8-9H2,(H,21,23)/b7-6+. The van der Waals surface area contributed by atoms with Crippen LogP contribution in [0.4, 0.5) is 5.69 Å². The SMILES string of the molecule is O=C(/C=C/c1nc2ccccc2s1)Nc1cc2c(cc1Cl)OCCCO2. The number of carbonyl (C=O) groups is 1. The number of hydrogen-bond donors (Lipinski definition) is 1. The van der Waals surface area contributed by atoms with Crippen molar-refractivity contribution in [2.75, 3.05) is 18.5 Å². The Balaban J connectivity index is 1.50. The van der Waals surface area contributed by atoms with Crippen LogP contribution in [0.25, 0.3) is 16.3 Å². The second-order valence-corrected chi connectivity index (χ2v) is 7.14. The first kappa shape index (κ1) is 16.9. The van der Waals surface area contributed by atoms with Gasteiger partial charge in [-0.1, -0.05) is 23.7 Å². The van der Waals surface area contributed by atoms with Crippen molar-refractivity contribution < 1.29 is 14.3 Å². The summed E-state index contributed by atoms with van der Waals surface area (Å²) < 4.78 is 12.3. The normalized spacial score (nSPS) is 13.7. The maximum absolute atomic E-state index is 12.2. The van der Waals surface area contributed by atoms with E-state index < -0.39 is 0 Å². The number of hydrogen-bond acceptors (Lipinski definition) is 5. The van der Waals surface area contributed by atoms with E-state index in [1.165, 1.54) is 17.4 Å². The second-order valence-electron chi connectivity index (χ2n) is 5.67. The predicted molar refractivity (Wildman–Crippen MR) is 104 cm³/mol. The molecule has 0 atom stereocenters. The molecular formula is C19H15ClN2O3S. The molecule has 0 aliphatic carbocycles. The largest absolute Gasteiger partial charge is 0.490 e. The van der Waals surface area contributed by atoms with E-state index in [0.29, 0.717) is 35.4 Å². The Kier molecular flexibility index (Phi) is 4.77. The van der Waals surface area contributed by atoms with Crippen molar-refractivity contribution >= 4 is 50.8 Å². The van der Waals surface area contributed by atoms with Crippen LogP contribution in [0.3, 0.4) is 0 Å². The van der Waals surface area contributed by atoms with Gasteiger partial charge in [-0.2, -0.15) is 0 Å². The predicted octanol–water partition coefficient (Wildman–Crippen LogP) is 4.76. The number of ether oxygens (including phenoxy) is 2. The van der Waals surface area contributed by atoms with Crippen molar-refractivity contribution in [2.45, 2.75) is 6.42 Å². The lowest BCUT2D eigenvalue weighted by atomic mass is 10.2. The molecule has 0 radical (unpaired) electrons. The molecule has 2 aromatic carbocycles. The summed E-state index contributed by atoms with van der Waals surface area (Å²) in [6, 6.07) is 11.2. The number of benzene rings is 2. The average Bonchev–Trinajstić information content (AvgIpc) is 2.92. The zero-order valence-corrected chi connectivity index (χ0v) is 15.3. The number of aromatic nitrogens is 1. The summed E-state index contributed by atoms with van der Waals surface area (Å²) in [7, 11) is 0. The van der Waals surface area contributed by atoms with Gasteiger partial charge in [-0.05, 0) is 18.2 Å². The highest BCUT2D eigenvalue weighted by molar-refractivity contribution is 7.19. The van der Waals surface area contributed by atoms with Gasteiger partial charge in [-0.3, -0.25) is 4.79 Å². The Bertz CT molecular complexity index is 967. The van der Waals surface area contributed by atoms with E-state index in [4.69, 9.17) is 21.1 Å². The molecule has 0 saturated carbocycles. The van der Waals surface area contributed by atoms with Crippen LogP contribution in [0.2, 0.25) is 5.02 Å². The Morgan fingerprint density at radius 1 is 1.19 bits per heavy atom. The molecule has 2 heterocycles. The summed E-state index contributed by atoms with van der Waals surface area (Å²) in [6.45, 7) is 1.15. The first-order chi connectivity index (χ1) is 12.7. The zero-order chi connectivity index (χ0) is 17.9. The van der Waals surface area contributed by atoms with Gasteiger partial charge in [-0.15, -0.1) is 11.3 Å². The molecule has 0 saturated heterocycles. The molecule has 5 nitrogen and oxygen atoms in total. The van der Waals surface area contributed by atoms with Gasteiger partial charge < -0.3 is 14.8 Å². The quantitative estimate of drug-likeness (QED) is 0.659. The summed E-state index contributed by atoms with van der Waals surface area (Å²) in [5.41, 5.74) is 1.40. The third-order valence-electron chi connectivity index (χ3n) is 3.78. The first-order valence-corrected chi connectivity index (χ1v) is 9.32. The minimum atomic E-state index is -0.291. The lowest BCUT2D eigenvalue weighted by Crippen LogP contribution is -2.08. The molecule has 1 amide bonds. The van der Waals surface area contributed by atoms with Crippen LogP contribution in [0.5, 0.6) is 11.5 Å². The number of nitrogens with zero attached hydrogens (tertiary/aromatic N) is 1. The average molecular weight is 387 g/mol. The Morgan fingerprint density at radius 2 is 1.96 bits per heavy atom. The number of amides is 1. The number of fused-ring (bicyclic) bond motifs is 2. The fourth-order valence-electron chi connectivity index (χ4n) is 2.56. The maximum Gasteiger partial charge on any atom is 0.248 e. The van der Waals surface area contributed by atoms with Gasteiger partial charge >= 0.3 is 0 Å². The minimum absolute atomic E-state index is 0.291. The Morgan fingerprint density at radius 3 is 2.77 bits per heavy atom. The van der Waals surface area contributed by atoms with E-state index in [0.717, 1.165) is 21.6 Å². The molecule has 1 aliphatic heterocycles. The molecular weight excluding hydrogens is 372 g/mol. The molecule has 26 heavy (non-hydrogen) atoms. The number of carbonyl (C=O) groups excluding carboxylic acids is 1. The molecule has 4 rings (SSSR count). The number of para-hydroxylation sites is 1. The van der Waals surface area contributed by atoms with Crippen LogP contribution in [0.15, 0.2) is 42.5 Å². The van der Waals surface area contributed by atoms with Crippen molar-refractivity contribution in [3.05, 3.63) is 52.5 Å². The van der Waals surface area contributed by atoms with Crippen molar-refractivity contribution in [2.24, 2.45) is 0 Å².